The van der Waals surface area contributed by atoms with E-state index in [9.17, 15) is 4.39 Å². The van der Waals surface area contributed by atoms with Crippen molar-refractivity contribution >= 4 is 11.0 Å². The SMILES string of the molecule is CC(C)(C)Cc1cc(F)c2nccnc2c1. The summed E-state index contributed by atoms with van der Waals surface area (Å²) in [5.74, 6) is -0.287. The first kappa shape index (κ1) is 11.0. The molecule has 0 fully saturated rings. The molecule has 0 N–H and O–H groups in total. The van der Waals surface area contributed by atoms with Crippen molar-refractivity contribution in [3.8, 4) is 0 Å². The Morgan fingerprint density at radius 3 is 2.50 bits per heavy atom. The third-order valence-electron chi connectivity index (χ3n) is 2.32. The molecule has 2 aromatic rings. The van der Waals surface area contributed by atoms with Crippen LogP contribution in [0.5, 0.6) is 0 Å². The Kier molecular flexibility index (Phi) is 2.62. The van der Waals surface area contributed by atoms with E-state index in [1.165, 1.54) is 6.20 Å². The van der Waals surface area contributed by atoms with Crippen LogP contribution in [0.2, 0.25) is 0 Å². The number of fused-ring (bicyclic) bond motifs is 1. The van der Waals surface area contributed by atoms with E-state index in [1.54, 1.807) is 12.3 Å². The third kappa shape index (κ3) is 2.35. The summed E-state index contributed by atoms with van der Waals surface area (Å²) in [5.41, 5.74) is 2.09. The van der Waals surface area contributed by atoms with Gasteiger partial charge in [-0.2, -0.15) is 0 Å². The Bertz CT molecular complexity index is 515. The Labute approximate surface area is 94.5 Å². The molecular formula is C13H15FN2. The zero-order valence-corrected chi connectivity index (χ0v) is 9.79. The molecule has 1 aromatic heterocycles. The van der Waals surface area contributed by atoms with Gasteiger partial charge in [0.2, 0.25) is 0 Å². The number of rotatable bonds is 1. The highest BCUT2D eigenvalue weighted by atomic mass is 19.1. The highest BCUT2D eigenvalue weighted by Crippen LogP contribution is 2.23. The van der Waals surface area contributed by atoms with Gasteiger partial charge in [0.15, 0.2) is 5.82 Å². The average Bonchev–Trinajstić information content (AvgIpc) is 2.15. The van der Waals surface area contributed by atoms with E-state index in [2.05, 4.69) is 30.7 Å². The van der Waals surface area contributed by atoms with Crippen LogP contribution in [0.4, 0.5) is 4.39 Å². The fourth-order valence-electron chi connectivity index (χ4n) is 1.80. The number of hydrogen-bond donors (Lipinski definition) is 0. The molecule has 0 saturated carbocycles. The minimum atomic E-state index is -0.287. The second kappa shape index (κ2) is 3.81. The number of benzene rings is 1. The van der Waals surface area contributed by atoms with Crippen LogP contribution in [0.15, 0.2) is 24.5 Å². The van der Waals surface area contributed by atoms with E-state index < -0.39 is 0 Å². The highest BCUT2D eigenvalue weighted by molar-refractivity contribution is 5.75. The molecule has 2 rings (SSSR count). The molecule has 0 aliphatic rings. The maximum absolute atomic E-state index is 13.7. The molecule has 0 amide bonds. The predicted molar refractivity (Wildman–Crippen MR) is 62.7 cm³/mol. The molecule has 0 atom stereocenters. The number of hydrogen-bond acceptors (Lipinski definition) is 2. The van der Waals surface area contributed by atoms with Crippen molar-refractivity contribution in [1.82, 2.24) is 9.97 Å². The molecule has 0 aliphatic carbocycles. The van der Waals surface area contributed by atoms with Gasteiger partial charge in [-0.3, -0.25) is 4.98 Å². The Morgan fingerprint density at radius 2 is 1.81 bits per heavy atom. The minimum absolute atomic E-state index is 0.141. The molecular weight excluding hydrogens is 203 g/mol. The quantitative estimate of drug-likeness (QED) is 0.733. The number of aromatic nitrogens is 2. The fourth-order valence-corrected chi connectivity index (χ4v) is 1.80. The van der Waals surface area contributed by atoms with Crippen molar-refractivity contribution in [1.29, 1.82) is 0 Å². The summed E-state index contributed by atoms with van der Waals surface area (Å²) in [4.78, 5) is 8.11. The zero-order valence-electron chi connectivity index (χ0n) is 9.79. The van der Waals surface area contributed by atoms with Gasteiger partial charge in [0.1, 0.15) is 5.52 Å². The van der Waals surface area contributed by atoms with E-state index in [0.29, 0.717) is 11.0 Å². The second-order valence-corrected chi connectivity index (χ2v) is 5.24. The average molecular weight is 218 g/mol. The van der Waals surface area contributed by atoms with Crippen LogP contribution in [0, 0.1) is 11.2 Å². The summed E-state index contributed by atoms with van der Waals surface area (Å²) < 4.78 is 13.7. The smallest absolute Gasteiger partial charge is 0.151 e. The van der Waals surface area contributed by atoms with Crippen molar-refractivity contribution in [3.05, 3.63) is 35.9 Å². The van der Waals surface area contributed by atoms with Crippen LogP contribution < -0.4 is 0 Å². The summed E-state index contributed by atoms with van der Waals surface area (Å²) in [7, 11) is 0. The zero-order chi connectivity index (χ0) is 11.8. The summed E-state index contributed by atoms with van der Waals surface area (Å²) in [6.07, 6.45) is 3.92. The van der Waals surface area contributed by atoms with Gasteiger partial charge >= 0.3 is 0 Å². The largest absolute Gasteiger partial charge is 0.253 e. The van der Waals surface area contributed by atoms with Gasteiger partial charge in [-0.25, -0.2) is 9.37 Å². The first-order valence-electron chi connectivity index (χ1n) is 5.35. The van der Waals surface area contributed by atoms with Gasteiger partial charge in [0.25, 0.3) is 0 Å². The van der Waals surface area contributed by atoms with Crippen LogP contribution in [-0.4, -0.2) is 9.97 Å². The normalized spacial score (nSPS) is 12.0. The summed E-state index contributed by atoms with van der Waals surface area (Å²) in [5, 5.41) is 0. The Morgan fingerprint density at radius 1 is 1.12 bits per heavy atom. The van der Waals surface area contributed by atoms with E-state index in [1.807, 2.05) is 6.07 Å². The van der Waals surface area contributed by atoms with Gasteiger partial charge < -0.3 is 0 Å². The lowest BCUT2D eigenvalue weighted by molar-refractivity contribution is 0.410. The molecule has 0 radical (unpaired) electrons. The molecule has 0 saturated heterocycles. The lowest BCUT2D eigenvalue weighted by Crippen LogP contribution is -2.09. The van der Waals surface area contributed by atoms with Crippen molar-refractivity contribution in [2.24, 2.45) is 5.41 Å². The highest BCUT2D eigenvalue weighted by Gasteiger charge is 2.13. The summed E-state index contributed by atoms with van der Waals surface area (Å²) in [6.45, 7) is 6.39. The standard InChI is InChI=1S/C13H15FN2/c1-13(2,3)8-9-6-10(14)12-11(7-9)15-4-5-16-12/h4-7H,8H2,1-3H3. The Balaban J connectivity index is 2.50. The molecule has 0 spiro atoms. The third-order valence-corrected chi connectivity index (χ3v) is 2.32. The lowest BCUT2D eigenvalue weighted by Gasteiger charge is -2.18. The minimum Gasteiger partial charge on any atom is -0.253 e. The molecule has 84 valence electrons. The van der Waals surface area contributed by atoms with Crippen molar-refractivity contribution < 1.29 is 4.39 Å². The van der Waals surface area contributed by atoms with E-state index in [-0.39, 0.29) is 11.2 Å². The molecule has 2 nitrogen and oxygen atoms in total. The summed E-state index contributed by atoms with van der Waals surface area (Å²) in [6, 6.07) is 3.47. The molecule has 16 heavy (non-hydrogen) atoms. The molecule has 0 bridgehead atoms. The number of nitrogens with zero attached hydrogens (tertiary/aromatic N) is 2. The maximum atomic E-state index is 13.7. The number of halogens is 1. The fraction of sp³-hybridized carbons (Fsp3) is 0.385. The van der Waals surface area contributed by atoms with Crippen LogP contribution in [-0.2, 0) is 6.42 Å². The van der Waals surface area contributed by atoms with Crippen LogP contribution in [0.25, 0.3) is 11.0 Å². The molecule has 0 unspecified atom stereocenters. The first-order chi connectivity index (χ1) is 7.46. The van der Waals surface area contributed by atoms with Gasteiger partial charge in [0, 0.05) is 12.4 Å². The Hall–Kier alpha value is -1.51. The second-order valence-electron chi connectivity index (χ2n) is 5.24. The van der Waals surface area contributed by atoms with E-state index >= 15 is 0 Å². The van der Waals surface area contributed by atoms with Crippen LogP contribution in [0.3, 0.4) is 0 Å². The van der Waals surface area contributed by atoms with Crippen molar-refractivity contribution in [2.45, 2.75) is 27.2 Å². The monoisotopic (exact) mass is 218 g/mol. The van der Waals surface area contributed by atoms with Crippen molar-refractivity contribution in [2.75, 3.05) is 0 Å². The van der Waals surface area contributed by atoms with Gasteiger partial charge in [0.05, 0.1) is 5.52 Å². The lowest BCUT2D eigenvalue weighted by atomic mass is 9.88. The van der Waals surface area contributed by atoms with Gasteiger partial charge in [-0.05, 0) is 29.5 Å². The van der Waals surface area contributed by atoms with Gasteiger partial charge in [-0.1, -0.05) is 20.8 Å². The predicted octanol–water partition coefficient (Wildman–Crippen LogP) is 3.36. The van der Waals surface area contributed by atoms with E-state index in [0.717, 1.165) is 12.0 Å². The van der Waals surface area contributed by atoms with Gasteiger partial charge in [-0.15, -0.1) is 0 Å². The molecule has 1 aromatic carbocycles. The molecule has 3 heteroatoms. The topological polar surface area (TPSA) is 25.8 Å². The van der Waals surface area contributed by atoms with E-state index in [4.69, 9.17) is 0 Å². The summed E-state index contributed by atoms with van der Waals surface area (Å²) >= 11 is 0. The molecule has 0 aliphatic heterocycles. The van der Waals surface area contributed by atoms with Crippen molar-refractivity contribution in [3.63, 3.8) is 0 Å². The first-order valence-corrected chi connectivity index (χ1v) is 5.35. The van der Waals surface area contributed by atoms with Crippen LogP contribution in [0.1, 0.15) is 26.3 Å². The molecule has 1 heterocycles. The maximum Gasteiger partial charge on any atom is 0.151 e. The van der Waals surface area contributed by atoms with Crippen LogP contribution >= 0.6 is 0 Å².